The summed E-state index contributed by atoms with van der Waals surface area (Å²) < 4.78 is 9.92. The molecule has 0 saturated carbocycles. The molecular weight excluding hydrogens is 302 g/mol. The number of esters is 1. The van der Waals surface area contributed by atoms with E-state index in [2.05, 4.69) is 4.99 Å². The van der Waals surface area contributed by atoms with Crippen molar-refractivity contribution in [3.8, 4) is 5.75 Å². The monoisotopic (exact) mass is 317 g/mol. The number of hydrogen-bond donors (Lipinski definition) is 0. The van der Waals surface area contributed by atoms with Crippen LogP contribution in [-0.4, -0.2) is 26.4 Å². The molecule has 0 aliphatic rings. The van der Waals surface area contributed by atoms with Crippen LogP contribution in [0.5, 0.6) is 5.75 Å². The Balaban J connectivity index is 2.23. The highest BCUT2D eigenvalue weighted by molar-refractivity contribution is 6.30. The molecule has 2 aromatic rings. The first kappa shape index (κ1) is 16.0. The fraction of sp³-hybridized carbons (Fsp3) is 0.176. The first-order valence-electron chi connectivity index (χ1n) is 6.64. The number of nitrogens with zero attached hydrogens (tertiary/aromatic N) is 1. The summed E-state index contributed by atoms with van der Waals surface area (Å²) >= 11 is 5.86. The number of carbonyl (C=O) groups excluding carboxylic acids is 1. The molecule has 4 nitrogen and oxygen atoms in total. The maximum atomic E-state index is 11.9. The van der Waals surface area contributed by atoms with E-state index in [0.29, 0.717) is 5.02 Å². The van der Waals surface area contributed by atoms with Crippen molar-refractivity contribution in [2.24, 2.45) is 4.99 Å². The van der Waals surface area contributed by atoms with E-state index in [1.54, 1.807) is 37.6 Å². The highest BCUT2D eigenvalue weighted by atomic mass is 35.5. The maximum Gasteiger partial charge on any atom is 0.335 e. The van der Waals surface area contributed by atoms with Crippen molar-refractivity contribution in [3.05, 3.63) is 64.7 Å². The number of halogens is 1. The summed E-state index contributed by atoms with van der Waals surface area (Å²) in [6.07, 6.45) is 1.63. The predicted octanol–water partition coefficient (Wildman–Crippen LogP) is 3.68. The molecule has 0 aliphatic heterocycles. The molecule has 0 aromatic heterocycles. The SMILES string of the molecule is COC(=O)C(N=Cc1ccc(OC)cc1)c1ccc(Cl)cc1. The third-order valence-electron chi connectivity index (χ3n) is 3.10. The summed E-state index contributed by atoms with van der Waals surface area (Å²) in [5, 5.41) is 0.603. The molecule has 0 amide bonds. The van der Waals surface area contributed by atoms with Crippen LogP contribution in [0, 0.1) is 0 Å². The number of hydrogen-bond acceptors (Lipinski definition) is 4. The zero-order valence-corrected chi connectivity index (χ0v) is 13.1. The molecule has 0 spiro atoms. The zero-order valence-electron chi connectivity index (χ0n) is 12.3. The standard InChI is InChI=1S/C17H16ClNO3/c1-21-15-9-3-12(4-10-15)11-19-16(17(20)22-2)13-5-7-14(18)8-6-13/h3-11,16H,1-2H3. The van der Waals surface area contributed by atoms with Crippen molar-refractivity contribution in [3.63, 3.8) is 0 Å². The van der Waals surface area contributed by atoms with Gasteiger partial charge in [-0.1, -0.05) is 23.7 Å². The Labute approximate surface area is 134 Å². The summed E-state index contributed by atoms with van der Waals surface area (Å²) in [7, 11) is 2.95. The lowest BCUT2D eigenvalue weighted by atomic mass is 10.1. The zero-order chi connectivity index (χ0) is 15.9. The second kappa shape index (κ2) is 7.61. The van der Waals surface area contributed by atoms with Gasteiger partial charge < -0.3 is 9.47 Å². The molecule has 0 radical (unpaired) electrons. The van der Waals surface area contributed by atoms with Crippen LogP contribution < -0.4 is 4.74 Å². The lowest BCUT2D eigenvalue weighted by molar-refractivity contribution is -0.142. The van der Waals surface area contributed by atoms with Crippen molar-refractivity contribution in [2.75, 3.05) is 14.2 Å². The Hall–Kier alpha value is -2.33. The minimum atomic E-state index is -0.718. The third kappa shape index (κ3) is 4.09. The lowest BCUT2D eigenvalue weighted by Crippen LogP contribution is -2.12. The smallest absolute Gasteiger partial charge is 0.335 e. The summed E-state index contributed by atoms with van der Waals surface area (Å²) in [5.41, 5.74) is 1.59. The van der Waals surface area contributed by atoms with Gasteiger partial charge in [-0.25, -0.2) is 4.79 Å². The van der Waals surface area contributed by atoms with Crippen LogP contribution in [-0.2, 0) is 9.53 Å². The predicted molar refractivity (Wildman–Crippen MR) is 86.8 cm³/mol. The first-order valence-corrected chi connectivity index (χ1v) is 7.02. The average molecular weight is 318 g/mol. The fourth-order valence-electron chi connectivity index (χ4n) is 1.89. The van der Waals surface area contributed by atoms with Gasteiger partial charge in [0.1, 0.15) is 5.75 Å². The third-order valence-corrected chi connectivity index (χ3v) is 3.35. The topological polar surface area (TPSA) is 47.9 Å². The second-order valence-corrected chi connectivity index (χ2v) is 4.97. The van der Waals surface area contributed by atoms with Gasteiger partial charge in [0.2, 0.25) is 0 Å². The minimum absolute atomic E-state index is 0.424. The summed E-state index contributed by atoms with van der Waals surface area (Å²) in [5.74, 6) is 0.339. The molecule has 114 valence electrons. The van der Waals surface area contributed by atoms with Crippen LogP contribution in [0.3, 0.4) is 0 Å². The van der Waals surface area contributed by atoms with E-state index >= 15 is 0 Å². The number of aliphatic imine (C=N–C) groups is 1. The number of ether oxygens (including phenoxy) is 2. The van der Waals surface area contributed by atoms with E-state index in [9.17, 15) is 4.79 Å². The molecular formula is C17H16ClNO3. The number of benzene rings is 2. The van der Waals surface area contributed by atoms with Crippen LogP contribution in [0.4, 0.5) is 0 Å². The first-order chi connectivity index (χ1) is 10.6. The molecule has 5 heteroatoms. The molecule has 0 saturated heterocycles. The summed E-state index contributed by atoms with van der Waals surface area (Å²) in [6, 6.07) is 13.6. The van der Waals surface area contributed by atoms with Gasteiger partial charge in [-0.3, -0.25) is 4.99 Å². The Bertz CT molecular complexity index is 651. The van der Waals surface area contributed by atoms with Crippen LogP contribution in [0.15, 0.2) is 53.5 Å². The molecule has 0 fully saturated rings. The van der Waals surface area contributed by atoms with E-state index in [-0.39, 0.29) is 0 Å². The van der Waals surface area contributed by atoms with Gasteiger partial charge in [-0.2, -0.15) is 0 Å². The molecule has 2 aromatic carbocycles. The second-order valence-electron chi connectivity index (χ2n) is 4.53. The normalized spacial score (nSPS) is 12.1. The summed E-state index contributed by atoms with van der Waals surface area (Å²) in [6.45, 7) is 0. The Morgan fingerprint density at radius 1 is 1.09 bits per heavy atom. The van der Waals surface area contributed by atoms with Crippen LogP contribution in [0.1, 0.15) is 17.2 Å². The van der Waals surface area contributed by atoms with Crippen LogP contribution in [0.25, 0.3) is 0 Å². The number of carbonyl (C=O) groups is 1. The van der Waals surface area contributed by atoms with Crippen LogP contribution in [0.2, 0.25) is 5.02 Å². The van der Waals surface area contributed by atoms with Crippen molar-refractivity contribution in [1.29, 1.82) is 0 Å². The molecule has 0 N–H and O–H groups in total. The van der Waals surface area contributed by atoms with Gasteiger partial charge in [0.05, 0.1) is 14.2 Å². The molecule has 1 atom stereocenters. The van der Waals surface area contributed by atoms with Crippen LogP contribution >= 0.6 is 11.6 Å². The molecule has 0 aliphatic carbocycles. The molecule has 2 rings (SSSR count). The van der Waals surface area contributed by atoms with Gasteiger partial charge in [0.25, 0.3) is 0 Å². The Kier molecular flexibility index (Phi) is 5.55. The molecule has 0 heterocycles. The van der Waals surface area contributed by atoms with Crippen molar-refractivity contribution >= 4 is 23.8 Å². The number of rotatable bonds is 5. The largest absolute Gasteiger partial charge is 0.497 e. The quantitative estimate of drug-likeness (QED) is 0.624. The molecule has 0 bridgehead atoms. The van der Waals surface area contributed by atoms with Crippen molar-refractivity contribution in [1.82, 2.24) is 0 Å². The van der Waals surface area contributed by atoms with E-state index < -0.39 is 12.0 Å². The number of methoxy groups -OCH3 is 2. The van der Waals surface area contributed by atoms with Crippen molar-refractivity contribution in [2.45, 2.75) is 6.04 Å². The van der Waals surface area contributed by atoms with E-state index in [4.69, 9.17) is 21.1 Å². The van der Waals surface area contributed by atoms with Crippen molar-refractivity contribution < 1.29 is 14.3 Å². The van der Waals surface area contributed by atoms with Gasteiger partial charge in [-0.15, -0.1) is 0 Å². The highest BCUT2D eigenvalue weighted by Crippen LogP contribution is 2.21. The highest BCUT2D eigenvalue weighted by Gasteiger charge is 2.19. The fourth-order valence-corrected chi connectivity index (χ4v) is 2.02. The Morgan fingerprint density at radius 2 is 1.73 bits per heavy atom. The van der Waals surface area contributed by atoms with E-state index in [1.165, 1.54) is 7.11 Å². The molecule has 22 heavy (non-hydrogen) atoms. The van der Waals surface area contributed by atoms with Gasteiger partial charge in [-0.05, 0) is 47.5 Å². The Morgan fingerprint density at radius 3 is 2.27 bits per heavy atom. The van der Waals surface area contributed by atoms with Gasteiger partial charge in [0, 0.05) is 11.2 Å². The maximum absolute atomic E-state index is 11.9. The van der Waals surface area contributed by atoms with Gasteiger partial charge >= 0.3 is 5.97 Å². The minimum Gasteiger partial charge on any atom is -0.497 e. The average Bonchev–Trinajstić information content (AvgIpc) is 2.56. The van der Waals surface area contributed by atoms with E-state index in [1.807, 2.05) is 24.3 Å². The molecule has 1 unspecified atom stereocenters. The van der Waals surface area contributed by atoms with E-state index in [0.717, 1.165) is 16.9 Å². The summed E-state index contributed by atoms with van der Waals surface area (Å²) in [4.78, 5) is 16.3. The van der Waals surface area contributed by atoms with Gasteiger partial charge in [0.15, 0.2) is 6.04 Å². The lowest BCUT2D eigenvalue weighted by Gasteiger charge is -2.10.